The Morgan fingerprint density at radius 2 is 1.83 bits per heavy atom. The second-order valence-corrected chi connectivity index (χ2v) is 6.30. The minimum atomic E-state index is 0.109. The summed E-state index contributed by atoms with van der Waals surface area (Å²) in [5.74, 6) is 1.04. The lowest BCUT2D eigenvalue weighted by Gasteiger charge is -2.12. The molecule has 0 aliphatic heterocycles. The second-order valence-electron chi connectivity index (χ2n) is 6.30. The van der Waals surface area contributed by atoms with Crippen molar-refractivity contribution < 1.29 is 9.53 Å². The monoisotopic (exact) mass is 321 g/mol. The topological polar surface area (TPSA) is 31.2 Å². The number of hydrogen-bond acceptors (Lipinski definition) is 2. The number of benzene rings is 2. The number of Topliss-reactive ketones (excluding diaryl/α,β-unsaturated/α-hetero) is 1. The van der Waals surface area contributed by atoms with Gasteiger partial charge in [0.15, 0.2) is 5.78 Å². The van der Waals surface area contributed by atoms with Gasteiger partial charge in [0.2, 0.25) is 0 Å². The minimum Gasteiger partial charge on any atom is -0.491 e. The average Bonchev–Trinajstić information content (AvgIpc) is 2.83. The van der Waals surface area contributed by atoms with Gasteiger partial charge in [-0.15, -0.1) is 0 Å². The lowest BCUT2D eigenvalue weighted by atomic mass is 10.1. The van der Waals surface area contributed by atoms with E-state index in [9.17, 15) is 4.79 Å². The highest BCUT2D eigenvalue weighted by atomic mass is 16.5. The number of carbonyl (C=O) groups is 1. The number of rotatable bonds is 5. The van der Waals surface area contributed by atoms with Crippen molar-refractivity contribution in [3.8, 4) is 5.75 Å². The van der Waals surface area contributed by atoms with Crippen LogP contribution in [0.4, 0.5) is 0 Å². The van der Waals surface area contributed by atoms with Crippen LogP contribution in [0.5, 0.6) is 5.75 Å². The number of ether oxygens (including phenoxy) is 1. The van der Waals surface area contributed by atoms with Crippen molar-refractivity contribution in [2.24, 2.45) is 0 Å². The van der Waals surface area contributed by atoms with Crippen LogP contribution in [0.3, 0.4) is 0 Å². The molecule has 3 heteroatoms. The van der Waals surface area contributed by atoms with Crippen LogP contribution >= 0.6 is 0 Å². The Kier molecular flexibility index (Phi) is 4.43. The Balaban J connectivity index is 1.87. The zero-order chi connectivity index (χ0) is 17.3. The van der Waals surface area contributed by atoms with E-state index in [2.05, 4.69) is 42.7 Å². The number of para-hydroxylation sites is 1. The van der Waals surface area contributed by atoms with Crippen molar-refractivity contribution >= 4 is 16.7 Å². The third-order valence-corrected chi connectivity index (χ3v) is 4.50. The lowest BCUT2D eigenvalue weighted by Crippen LogP contribution is -2.10. The van der Waals surface area contributed by atoms with Crippen molar-refractivity contribution in [3.63, 3.8) is 0 Å². The summed E-state index contributed by atoms with van der Waals surface area (Å²) in [7, 11) is 0. The molecule has 1 heterocycles. The molecule has 0 saturated heterocycles. The quantitative estimate of drug-likeness (QED) is 0.629. The molecule has 0 unspecified atom stereocenters. The summed E-state index contributed by atoms with van der Waals surface area (Å²) in [6, 6.07) is 14.3. The smallest absolute Gasteiger partial charge is 0.162 e. The summed E-state index contributed by atoms with van der Waals surface area (Å²) in [6.07, 6.45) is 0. The van der Waals surface area contributed by atoms with Crippen LogP contribution in [0.25, 0.3) is 10.9 Å². The molecule has 0 amide bonds. The number of fused-ring (bicyclic) bond motifs is 1. The highest BCUT2D eigenvalue weighted by Gasteiger charge is 2.16. The Hall–Kier alpha value is -2.55. The van der Waals surface area contributed by atoms with Gasteiger partial charge in [-0.1, -0.05) is 30.3 Å². The summed E-state index contributed by atoms with van der Waals surface area (Å²) in [5.41, 5.74) is 5.24. The van der Waals surface area contributed by atoms with E-state index in [0.29, 0.717) is 13.2 Å². The van der Waals surface area contributed by atoms with Crippen molar-refractivity contribution in [3.05, 3.63) is 64.8 Å². The highest BCUT2D eigenvalue weighted by Crippen LogP contribution is 2.26. The molecular weight excluding hydrogens is 298 g/mol. The number of ketones is 1. The zero-order valence-electron chi connectivity index (χ0n) is 14.7. The van der Waals surface area contributed by atoms with Crippen molar-refractivity contribution in [1.29, 1.82) is 0 Å². The van der Waals surface area contributed by atoms with Gasteiger partial charge in [0.25, 0.3) is 0 Å². The standard InChI is InChI=1S/C21H23NO2/c1-14-9-10-15(2)20(13-14)24-12-11-22-16(3)21(17(4)23)18-7-5-6-8-19(18)22/h5-10,13H,11-12H2,1-4H3. The first-order chi connectivity index (χ1) is 11.5. The maximum atomic E-state index is 12.0. The van der Waals surface area contributed by atoms with Crippen LogP contribution < -0.4 is 4.74 Å². The Morgan fingerprint density at radius 3 is 2.58 bits per heavy atom. The third kappa shape index (κ3) is 2.94. The molecule has 0 fully saturated rings. The molecule has 2 aromatic carbocycles. The second kappa shape index (κ2) is 6.52. The summed E-state index contributed by atoms with van der Waals surface area (Å²) in [5, 5.41) is 1.02. The van der Waals surface area contributed by atoms with Crippen LogP contribution in [-0.2, 0) is 6.54 Å². The normalized spacial score (nSPS) is 11.0. The summed E-state index contributed by atoms with van der Waals surface area (Å²) in [6.45, 7) is 9.04. The van der Waals surface area contributed by atoms with Crippen LogP contribution in [-0.4, -0.2) is 17.0 Å². The van der Waals surface area contributed by atoms with E-state index in [1.165, 1.54) is 5.56 Å². The number of carbonyl (C=O) groups excluding carboxylic acids is 1. The Bertz CT molecular complexity index is 906. The number of aryl methyl sites for hydroxylation is 2. The number of nitrogens with zero attached hydrogens (tertiary/aromatic N) is 1. The van der Waals surface area contributed by atoms with E-state index in [4.69, 9.17) is 4.74 Å². The molecule has 0 N–H and O–H groups in total. The molecule has 0 atom stereocenters. The number of aromatic nitrogens is 1. The summed E-state index contributed by atoms with van der Waals surface area (Å²) in [4.78, 5) is 12.0. The summed E-state index contributed by atoms with van der Waals surface area (Å²) >= 11 is 0. The fourth-order valence-corrected chi connectivity index (χ4v) is 3.27. The largest absolute Gasteiger partial charge is 0.491 e. The van der Waals surface area contributed by atoms with Gasteiger partial charge in [-0.2, -0.15) is 0 Å². The van der Waals surface area contributed by atoms with Crippen molar-refractivity contribution in [2.75, 3.05) is 6.61 Å². The van der Waals surface area contributed by atoms with Gasteiger partial charge < -0.3 is 9.30 Å². The van der Waals surface area contributed by atoms with Crippen LogP contribution in [0, 0.1) is 20.8 Å². The van der Waals surface area contributed by atoms with Gasteiger partial charge >= 0.3 is 0 Å². The molecule has 1 aromatic heterocycles. The number of hydrogen-bond donors (Lipinski definition) is 0. The van der Waals surface area contributed by atoms with E-state index < -0.39 is 0 Å². The van der Waals surface area contributed by atoms with E-state index in [0.717, 1.165) is 33.5 Å². The Labute approximate surface area is 142 Å². The molecule has 0 radical (unpaired) electrons. The van der Waals surface area contributed by atoms with Crippen LogP contribution in [0.1, 0.15) is 34.1 Å². The maximum absolute atomic E-state index is 12.0. The predicted octanol–water partition coefficient (Wildman–Crippen LogP) is 4.85. The van der Waals surface area contributed by atoms with E-state index in [1.807, 2.05) is 25.1 Å². The first-order valence-corrected chi connectivity index (χ1v) is 8.28. The van der Waals surface area contributed by atoms with Gasteiger partial charge in [0, 0.05) is 22.2 Å². The van der Waals surface area contributed by atoms with E-state index in [-0.39, 0.29) is 5.78 Å². The fraction of sp³-hybridized carbons (Fsp3) is 0.286. The highest BCUT2D eigenvalue weighted by molar-refractivity contribution is 6.08. The average molecular weight is 321 g/mol. The minimum absolute atomic E-state index is 0.109. The molecule has 0 saturated carbocycles. The zero-order valence-corrected chi connectivity index (χ0v) is 14.7. The SMILES string of the molecule is CC(=O)c1c(C)n(CCOc2cc(C)ccc2C)c2ccccc12. The van der Waals surface area contributed by atoms with E-state index >= 15 is 0 Å². The molecule has 24 heavy (non-hydrogen) atoms. The molecule has 0 aliphatic rings. The molecule has 0 bridgehead atoms. The van der Waals surface area contributed by atoms with Gasteiger partial charge in [-0.05, 0) is 51.0 Å². The maximum Gasteiger partial charge on any atom is 0.162 e. The first-order valence-electron chi connectivity index (χ1n) is 8.28. The molecule has 124 valence electrons. The van der Waals surface area contributed by atoms with Crippen molar-refractivity contribution in [1.82, 2.24) is 4.57 Å². The molecule has 0 spiro atoms. The Morgan fingerprint density at radius 1 is 1.08 bits per heavy atom. The van der Waals surface area contributed by atoms with Gasteiger partial charge in [0.1, 0.15) is 12.4 Å². The van der Waals surface area contributed by atoms with Crippen LogP contribution in [0.15, 0.2) is 42.5 Å². The van der Waals surface area contributed by atoms with Gasteiger partial charge in [-0.25, -0.2) is 0 Å². The predicted molar refractivity (Wildman–Crippen MR) is 98.1 cm³/mol. The van der Waals surface area contributed by atoms with Crippen molar-refractivity contribution in [2.45, 2.75) is 34.2 Å². The lowest BCUT2D eigenvalue weighted by molar-refractivity contribution is 0.101. The van der Waals surface area contributed by atoms with Crippen LogP contribution in [0.2, 0.25) is 0 Å². The first kappa shape index (κ1) is 16.3. The molecule has 3 rings (SSSR count). The van der Waals surface area contributed by atoms with Gasteiger partial charge in [-0.3, -0.25) is 4.79 Å². The third-order valence-electron chi connectivity index (χ3n) is 4.50. The summed E-state index contributed by atoms with van der Waals surface area (Å²) < 4.78 is 8.17. The van der Waals surface area contributed by atoms with E-state index in [1.54, 1.807) is 6.92 Å². The molecule has 3 nitrogen and oxygen atoms in total. The van der Waals surface area contributed by atoms with Gasteiger partial charge in [0.05, 0.1) is 6.54 Å². The molecule has 0 aliphatic carbocycles. The molecule has 3 aromatic rings. The fourth-order valence-electron chi connectivity index (χ4n) is 3.27. The molecular formula is C21H23NO2.